The van der Waals surface area contributed by atoms with E-state index in [-0.39, 0.29) is 0 Å². The third kappa shape index (κ3) is 3.06. The van der Waals surface area contributed by atoms with Gasteiger partial charge in [-0.15, -0.1) is 0 Å². The fraction of sp³-hybridized carbons (Fsp3) is 1.00. The summed E-state index contributed by atoms with van der Waals surface area (Å²) in [6.45, 7) is 13.1. The van der Waals surface area contributed by atoms with Crippen LogP contribution in [-0.2, 0) is 0 Å². The highest BCUT2D eigenvalue weighted by atomic mass is 14.7. The number of hydrogen-bond donors (Lipinski definition) is 0. The van der Waals surface area contributed by atoms with E-state index in [0.29, 0.717) is 16.2 Å². The number of unbranched alkanes of at least 4 members (excludes halogenated alkanes) is 2. The minimum Gasteiger partial charge on any atom is -0.0654 e. The minimum atomic E-state index is 0.653. The van der Waals surface area contributed by atoms with E-state index in [2.05, 4.69) is 34.6 Å². The number of hydrogen-bond acceptors (Lipinski definition) is 0. The second-order valence-corrected chi connectivity index (χ2v) is 12.3. The van der Waals surface area contributed by atoms with Gasteiger partial charge in [-0.2, -0.15) is 0 Å². The monoisotopic (exact) mass is 372 g/mol. The fourth-order valence-electron chi connectivity index (χ4n) is 9.50. The number of fused-ring (bicyclic) bond motifs is 5. The predicted octanol–water partition coefficient (Wildman–Crippen LogP) is 8.64. The van der Waals surface area contributed by atoms with Gasteiger partial charge in [-0.3, -0.25) is 0 Å². The molecule has 0 saturated heterocycles. The fourth-order valence-corrected chi connectivity index (χ4v) is 9.50. The van der Waals surface area contributed by atoms with Crippen LogP contribution in [0.25, 0.3) is 0 Å². The van der Waals surface area contributed by atoms with Crippen molar-refractivity contribution in [2.75, 3.05) is 0 Å². The van der Waals surface area contributed by atoms with Crippen LogP contribution in [-0.4, -0.2) is 0 Å². The van der Waals surface area contributed by atoms with Crippen LogP contribution in [0.2, 0.25) is 0 Å². The van der Waals surface area contributed by atoms with Gasteiger partial charge in [0.05, 0.1) is 0 Å². The maximum atomic E-state index is 2.75. The van der Waals surface area contributed by atoms with E-state index in [0.717, 1.165) is 29.6 Å². The van der Waals surface area contributed by atoms with Gasteiger partial charge < -0.3 is 0 Å². The molecule has 4 aliphatic carbocycles. The first kappa shape index (κ1) is 20.3. The van der Waals surface area contributed by atoms with Gasteiger partial charge in [0.2, 0.25) is 0 Å². The maximum Gasteiger partial charge on any atom is -0.0241 e. The Morgan fingerprint density at radius 2 is 1.59 bits per heavy atom. The standard InChI is InChI=1S/C27H48/c1-6-7-8-11-20(2)22-12-13-23-21-14-18-25(3)16-9-10-17-27(25,5)24(21)15-19-26(22,23)4/h20-24H,6-19H2,1-5H3. The van der Waals surface area contributed by atoms with Crippen molar-refractivity contribution in [1.29, 1.82) is 0 Å². The van der Waals surface area contributed by atoms with Crippen LogP contribution < -0.4 is 0 Å². The van der Waals surface area contributed by atoms with Crippen molar-refractivity contribution in [1.82, 2.24) is 0 Å². The molecule has 0 spiro atoms. The molecule has 27 heavy (non-hydrogen) atoms. The van der Waals surface area contributed by atoms with E-state index < -0.39 is 0 Å². The summed E-state index contributed by atoms with van der Waals surface area (Å²) in [6.07, 6.45) is 21.2. The third-order valence-corrected chi connectivity index (χ3v) is 11.4. The lowest BCUT2D eigenvalue weighted by molar-refractivity contribution is -0.154. The van der Waals surface area contributed by atoms with Gasteiger partial charge in [-0.25, -0.2) is 0 Å². The van der Waals surface area contributed by atoms with Crippen LogP contribution in [0.3, 0.4) is 0 Å². The van der Waals surface area contributed by atoms with E-state index in [1.54, 1.807) is 32.1 Å². The molecule has 0 aliphatic heterocycles. The quantitative estimate of drug-likeness (QED) is 0.423. The van der Waals surface area contributed by atoms with Crippen molar-refractivity contribution in [3.05, 3.63) is 0 Å². The molecule has 0 nitrogen and oxygen atoms in total. The van der Waals surface area contributed by atoms with Gasteiger partial charge in [0.25, 0.3) is 0 Å². The van der Waals surface area contributed by atoms with Crippen molar-refractivity contribution in [3.63, 3.8) is 0 Å². The molecule has 0 radical (unpaired) electrons. The molecule has 0 heteroatoms. The molecule has 0 N–H and O–H groups in total. The Morgan fingerprint density at radius 1 is 0.815 bits per heavy atom. The molecular formula is C27H48. The highest BCUT2D eigenvalue weighted by molar-refractivity contribution is 5.12. The van der Waals surface area contributed by atoms with Crippen LogP contribution in [0.15, 0.2) is 0 Å². The normalized spacial score (nSPS) is 50.6. The summed E-state index contributed by atoms with van der Waals surface area (Å²) in [5.41, 5.74) is 1.98. The predicted molar refractivity (Wildman–Crippen MR) is 118 cm³/mol. The molecule has 0 aromatic heterocycles. The Hall–Kier alpha value is 0. The summed E-state index contributed by atoms with van der Waals surface area (Å²) in [5.74, 6) is 5.14. The van der Waals surface area contributed by atoms with E-state index in [1.807, 2.05) is 0 Å². The van der Waals surface area contributed by atoms with E-state index >= 15 is 0 Å². The smallest absolute Gasteiger partial charge is 0.0241 e. The van der Waals surface area contributed by atoms with E-state index in [9.17, 15) is 0 Å². The minimum absolute atomic E-state index is 0.653. The first-order valence-electron chi connectivity index (χ1n) is 12.9. The Morgan fingerprint density at radius 3 is 2.37 bits per heavy atom. The largest absolute Gasteiger partial charge is 0.0654 e. The van der Waals surface area contributed by atoms with Crippen LogP contribution in [0.4, 0.5) is 0 Å². The molecule has 4 rings (SSSR count). The molecule has 4 fully saturated rings. The topological polar surface area (TPSA) is 0 Å². The molecular weight excluding hydrogens is 324 g/mol. The van der Waals surface area contributed by atoms with Gasteiger partial charge >= 0.3 is 0 Å². The van der Waals surface area contributed by atoms with Gasteiger partial charge in [-0.1, -0.05) is 73.1 Å². The molecule has 0 aromatic carbocycles. The molecule has 0 heterocycles. The maximum absolute atomic E-state index is 2.75. The zero-order chi connectivity index (χ0) is 19.3. The highest BCUT2D eigenvalue weighted by Gasteiger charge is 2.62. The van der Waals surface area contributed by atoms with Gasteiger partial charge in [0, 0.05) is 0 Å². The molecule has 0 bridgehead atoms. The molecule has 4 aliphatic rings. The van der Waals surface area contributed by atoms with Crippen molar-refractivity contribution in [3.8, 4) is 0 Å². The van der Waals surface area contributed by atoms with Crippen molar-refractivity contribution >= 4 is 0 Å². The van der Waals surface area contributed by atoms with Crippen LogP contribution in [0.1, 0.15) is 125 Å². The highest BCUT2D eigenvalue weighted by Crippen LogP contribution is 2.71. The first-order chi connectivity index (χ1) is 12.9. The van der Waals surface area contributed by atoms with E-state index in [1.165, 1.54) is 57.8 Å². The second-order valence-electron chi connectivity index (χ2n) is 12.3. The van der Waals surface area contributed by atoms with E-state index in [4.69, 9.17) is 0 Å². The summed E-state index contributed by atoms with van der Waals surface area (Å²) in [4.78, 5) is 0. The van der Waals surface area contributed by atoms with Crippen LogP contribution in [0, 0.1) is 45.8 Å². The number of rotatable bonds is 5. The Bertz CT molecular complexity index is 522. The molecule has 8 unspecified atom stereocenters. The lowest BCUT2D eigenvalue weighted by Crippen LogP contribution is -2.56. The third-order valence-electron chi connectivity index (χ3n) is 11.4. The Kier molecular flexibility index (Phi) is 5.53. The van der Waals surface area contributed by atoms with Crippen molar-refractivity contribution in [2.45, 2.75) is 125 Å². The van der Waals surface area contributed by atoms with Gasteiger partial charge in [0.1, 0.15) is 0 Å². The summed E-state index contributed by atoms with van der Waals surface area (Å²) in [6, 6.07) is 0. The summed E-state index contributed by atoms with van der Waals surface area (Å²) >= 11 is 0. The Labute approximate surface area is 170 Å². The second kappa shape index (κ2) is 7.36. The molecule has 156 valence electrons. The van der Waals surface area contributed by atoms with Gasteiger partial charge in [-0.05, 0) is 97.2 Å². The first-order valence-corrected chi connectivity index (χ1v) is 12.9. The average Bonchev–Trinajstić information content (AvgIpc) is 2.99. The molecule has 8 atom stereocenters. The molecule has 0 amide bonds. The molecule has 0 aromatic rings. The van der Waals surface area contributed by atoms with Gasteiger partial charge in [0.15, 0.2) is 0 Å². The SMILES string of the molecule is CCCCCC(C)C1CCC2C3CCC4(C)CCCCC4(C)C3CCC12C. The van der Waals surface area contributed by atoms with Crippen molar-refractivity contribution < 1.29 is 0 Å². The van der Waals surface area contributed by atoms with Crippen LogP contribution in [0.5, 0.6) is 0 Å². The van der Waals surface area contributed by atoms with Crippen LogP contribution >= 0.6 is 0 Å². The zero-order valence-corrected chi connectivity index (χ0v) is 19.3. The van der Waals surface area contributed by atoms with Crippen molar-refractivity contribution in [2.24, 2.45) is 45.8 Å². The molecule has 4 saturated carbocycles. The summed E-state index contributed by atoms with van der Waals surface area (Å²) in [7, 11) is 0. The Balaban J connectivity index is 1.52. The average molecular weight is 373 g/mol. The zero-order valence-electron chi connectivity index (χ0n) is 19.3. The summed E-state index contributed by atoms with van der Waals surface area (Å²) < 4.78 is 0. The lowest BCUT2D eigenvalue weighted by atomic mass is 9.40. The summed E-state index contributed by atoms with van der Waals surface area (Å²) in [5, 5.41) is 0. The lowest BCUT2D eigenvalue weighted by Gasteiger charge is -2.65.